The molecule has 1 saturated heterocycles. The van der Waals surface area contributed by atoms with E-state index in [4.69, 9.17) is 0 Å². The lowest BCUT2D eigenvalue weighted by molar-refractivity contribution is -0.138. The first-order valence-corrected chi connectivity index (χ1v) is 14.3. The topological polar surface area (TPSA) is 163 Å². The van der Waals surface area contributed by atoms with Crippen LogP contribution in [0.3, 0.4) is 0 Å². The van der Waals surface area contributed by atoms with Crippen molar-refractivity contribution in [3.05, 3.63) is 47.5 Å². The number of carbonyl (C=O) groups is 3. The summed E-state index contributed by atoms with van der Waals surface area (Å²) >= 11 is 0. The summed E-state index contributed by atoms with van der Waals surface area (Å²) in [5.41, 5.74) is 0.826. The third kappa shape index (κ3) is 6.77. The van der Waals surface area contributed by atoms with E-state index in [9.17, 15) is 27.9 Å². The van der Waals surface area contributed by atoms with Crippen molar-refractivity contribution in [1.82, 2.24) is 29.8 Å². The lowest BCUT2D eigenvalue weighted by Crippen LogP contribution is -2.48. The average molecular weight is 547 g/mol. The second-order valence-electron chi connectivity index (χ2n) is 9.80. The van der Waals surface area contributed by atoms with Crippen LogP contribution in [0, 0.1) is 12.8 Å². The lowest BCUT2D eigenvalue weighted by Gasteiger charge is -2.26. The number of nitrogens with zero attached hydrogens (tertiary/aromatic N) is 3. The molecule has 1 atom stereocenters. The Morgan fingerprint density at radius 1 is 1.21 bits per heavy atom. The Kier molecular flexibility index (Phi) is 8.80. The molecule has 0 spiro atoms. The molecule has 1 fully saturated rings. The smallest absolute Gasteiger partial charge is 0.329 e. The Balaban J connectivity index is 1.38. The summed E-state index contributed by atoms with van der Waals surface area (Å²) in [5.74, 6) is -1.08. The van der Waals surface area contributed by atoms with Gasteiger partial charge >= 0.3 is 12.0 Å². The molecule has 2 aromatic rings. The first-order chi connectivity index (χ1) is 18.1. The number of benzene rings is 1. The van der Waals surface area contributed by atoms with Gasteiger partial charge in [-0.2, -0.15) is 4.72 Å². The Hall–Kier alpha value is -3.29. The molecule has 0 aliphatic carbocycles. The van der Waals surface area contributed by atoms with Gasteiger partial charge in [-0.05, 0) is 63.7 Å². The molecule has 13 heteroatoms. The first kappa shape index (κ1) is 27.7. The molecule has 2 aliphatic heterocycles. The largest absolute Gasteiger partial charge is 0.480 e. The number of nitrogens with one attached hydrogen (secondary N) is 3. The lowest BCUT2D eigenvalue weighted by atomic mass is 9.94. The van der Waals surface area contributed by atoms with Gasteiger partial charge < -0.3 is 20.6 Å². The van der Waals surface area contributed by atoms with Crippen molar-refractivity contribution in [2.45, 2.75) is 50.0 Å². The van der Waals surface area contributed by atoms with Gasteiger partial charge in [-0.25, -0.2) is 18.2 Å². The van der Waals surface area contributed by atoms with Crippen molar-refractivity contribution in [2.24, 2.45) is 5.92 Å². The molecule has 206 valence electrons. The standard InChI is InChI=1S/C25H34N6O6S/c1-17-4-6-19(7-5-17)38(36,37)29-20(24(33)34)15-27-23(32)21-16-31-22(28-21)3-2-13-30(25(31)35)14-10-18-8-11-26-12-9-18/h4-7,16,18,20,26,29H,2-3,8-15H2,1H3,(H,27,32)(H,33,34)/t20-/m0/s1. The van der Waals surface area contributed by atoms with Crippen LogP contribution >= 0.6 is 0 Å². The number of carbonyl (C=O) groups excluding carboxylic acids is 2. The molecule has 12 nitrogen and oxygen atoms in total. The molecule has 0 saturated carbocycles. The van der Waals surface area contributed by atoms with Gasteiger partial charge in [-0.15, -0.1) is 0 Å². The minimum atomic E-state index is -4.12. The molecule has 4 rings (SSSR count). The highest BCUT2D eigenvalue weighted by molar-refractivity contribution is 7.89. The number of carboxylic acids is 1. The maximum atomic E-state index is 13.2. The highest BCUT2D eigenvalue weighted by Gasteiger charge is 2.29. The van der Waals surface area contributed by atoms with Gasteiger partial charge in [0, 0.05) is 32.3 Å². The van der Waals surface area contributed by atoms with E-state index in [-0.39, 0.29) is 16.6 Å². The molecular weight excluding hydrogens is 512 g/mol. The summed E-state index contributed by atoms with van der Waals surface area (Å²) in [7, 11) is -4.12. The number of hydrogen-bond donors (Lipinski definition) is 4. The van der Waals surface area contributed by atoms with Crippen molar-refractivity contribution in [3.8, 4) is 0 Å². The predicted octanol–water partition coefficient (Wildman–Crippen LogP) is 0.959. The number of carboxylic acid groups (broad SMARTS) is 1. The number of aromatic nitrogens is 2. The summed E-state index contributed by atoms with van der Waals surface area (Å²) in [6.07, 6.45) is 5.74. The van der Waals surface area contributed by atoms with Crippen LogP contribution in [0.15, 0.2) is 35.4 Å². The van der Waals surface area contributed by atoms with Gasteiger partial charge in [0.2, 0.25) is 10.0 Å². The Morgan fingerprint density at radius 2 is 1.92 bits per heavy atom. The van der Waals surface area contributed by atoms with Crippen LogP contribution in [-0.2, 0) is 21.2 Å². The van der Waals surface area contributed by atoms with E-state index in [1.807, 2.05) is 0 Å². The third-order valence-corrected chi connectivity index (χ3v) is 8.46. The molecule has 2 amide bonds. The van der Waals surface area contributed by atoms with Gasteiger partial charge in [0.15, 0.2) is 0 Å². The first-order valence-electron chi connectivity index (χ1n) is 12.8. The summed E-state index contributed by atoms with van der Waals surface area (Å²) < 4.78 is 28.7. The average Bonchev–Trinajstić information content (AvgIpc) is 3.27. The molecular formula is C25H34N6O6S. The van der Waals surface area contributed by atoms with Gasteiger partial charge in [-0.3, -0.25) is 14.2 Å². The second-order valence-corrected chi connectivity index (χ2v) is 11.5. The third-order valence-electron chi connectivity index (χ3n) is 6.98. The Morgan fingerprint density at radius 3 is 2.61 bits per heavy atom. The quantitative estimate of drug-likeness (QED) is 0.342. The molecule has 0 bridgehead atoms. The predicted molar refractivity (Wildman–Crippen MR) is 138 cm³/mol. The zero-order valence-corrected chi connectivity index (χ0v) is 22.2. The van der Waals surface area contributed by atoms with Crippen molar-refractivity contribution in [2.75, 3.05) is 32.7 Å². The van der Waals surface area contributed by atoms with E-state index in [1.54, 1.807) is 24.0 Å². The normalized spacial score (nSPS) is 17.5. The van der Waals surface area contributed by atoms with Crippen LogP contribution in [-0.4, -0.2) is 84.6 Å². The van der Waals surface area contributed by atoms with Crippen LogP contribution in [0.25, 0.3) is 0 Å². The summed E-state index contributed by atoms with van der Waals surface area (Å²) in [5, 5.41) is 15.3. The van der Waals surface area contributed by atoms with Crippen LogP contribution in [0.1, 0.15) is 47.6 Å². The fourth-order valence-corrected chi connectivity index (χ4v) is 5.89. The van der Waals surface area contributed by atoms with E-state index < -0.39 is 34.5 Å². The number of hydrogen-bond acceptors (Lipinski definition) is 7. The number of aliphatic carboxylic acids is 1. The zero-order valence-electron chi connectivity index (χ0n) is 21.4. The van der Waals surface area contributed by atoms with Gasteiger partial charge in [0.05, 0.1) is 4.90 Å². The number of aryl methyl sites for hydroxylation is 2. The molecule has 3 heterocycles. The number of piperidine rings is 1. The minimum absolute atomic E-state index is 0.0286. The van der Waals surface area contributed by atoms with Crippen LogP contribution in [0.4, 0.5) is 4.79 Å². The second kappa shape index (κ2) is 12.0. The number of fused-ring (bicyclic) bond motifs is 1. The number of sulfonamides is 1. The zero-order chi connectivity index (χ0) is 27.3. The van der Waals surface area contributed by atoms with E-state index in [1.165, 1.54) is 22.9 Å². The van der Waals surface area contributed by atoms with Crippen LogP contribution in [0.2, 0.25) is 0 Å². The van der Waals surface area contributed by atoms with E-state index in [2.05, 4.69) is 20.3 Å². The Bertz CT molecular complexity index is 1270. The van der Waals surface area contributed by atoms with E-state index >= 15 is 0 Å². The molecule has 38 heavy (non-hydrogen) atoms. The fraction of sp³-hybridized carbons (Fsp3) is 0.520. The molecule has 1 aromatic carbocycles. The van der Waals surface area contributed by atoms with E-state index in [0.717, 1.165) is 44.3 Å². The van der Waals surface area contributed by atoms with Crippen molar-refractivity contribution < 1.29 is 27.9 Å². The van der Waals surface area contributed by atoms with Crippen LogP contribution in [0.5, 0.6) is 0 Å². The summed E-state index contributed by atoms with van der Waals surface area (Å²) in [6.45, 7) is 4.56. The van der Waals surface area contributed by atoms with Crippen molar-refractivity contribution in [3.63, 3.8) is 0 Å². The summed E-state index contributed by atoms with van der Waals surface area (Å²) in [4.78, 5) is 43.7. The fourth-order valence-electron chi connectivity index (χ4n) is 4.70. The summed E-state index contributed by atoms with van der Waals surface area (Å²) in [6, 6.07) is 4.13. The van der Waals surface area contributed by atoms with Gasteiger partial charge in [0.1, 0.15) is 17.6 Å². The minimum Gasteiger partial charge on any atom is -0.480 e. The monoisotopic (exact) mass is 546 g/mol. The van der Waals surface area contributed by atoms with Crippen LogP contribution < -0.4 is 15.4 Å². The van der Waals surface area contributed by atoms with Crippen molar-refractivity contribution in [1.29, 1.82) is 0 Å². The van der Waals surface area contributed by atoms with E-state index in [0.29, 0.717) is 31.3 Å². The van der Waals surface area contributed by atoms with Gasteiger partial charge in [-0.1, -0.05) is 17.7 Å². The molecule has 1 aromatic heterocycles. The number of imidazole rings is 1. The Labute approximate surface area is 221 Å². The molecule has 2 aliphatic rings. The maximum absolute atomic E-state index is 13.2. The molecule has 0 unspecified atom stereocenters. The highest BCUT2D eigenvalue weighted by atomic mass is 32.2. The number of amides is 2. The SMILES string of the molecule is Cc1ccc(S(=O)(=O)N[C@@H](CNC(=O)c2cn3c(n2)CCCN(CCC2CCNCC2)C3=O)C(=O)O)cc1. The maximum Gasteiger partial charge on any atom is 0.329 e. The van der Waals surface area contributed by atoms with Gasteiger partial charge in [0.25, 0.3) is 5.91 Å². The van der Waals surface area contributed by atoms with Crippen molar-refractivity contribution >= 4 is 27.9 Å². The molecule has 4 N–H and O–H groups in total. The molecule has 0 radical (unpaired) electrons. The highest BCUT2D eigenvalue weighted by Crippen LogP contribution is 2.19. The number of rotatable bonds is 10.